The van der Waals surface area contributed by atoms with Crippen molar-refractivity contribution < 1.29 is 22.5 Å². The van der Waals surface area contributed by atoms with Gasteiger partial charge < -0.3 is 9.26 Å². The van der Waals surface area contributed by atoms with Crippen LogP contribution in [0.25, 0.3) is 11.4 Å². The maximum atomic E-state index is 13.1. The molecule has 0 spiro atoms. The quantitative estimate of drug-likeness (QED) is 0.483. The van der Waals surface area contributed by atoms with E-state index in [0.29, 0.717) is 42.5 Å². The summed E-state index contributed by atoms with van der Waals surface area (Å²) in [5, 5.41) is 3.92. The van der Waals surface area contributed by atoms with Gasteiger partial charge in [-0.15, -0.1) is 0 Å². The predicted molar refractivity (Wildman–Crippen MR) is 143 cm³/mol. The smallest absolute Gasteiger partial charge is 0.414 e. The fourth-order valence-corrected chi connectivity index (χ4v) is 7.18. The largest absolute Gasteiger partial charge is 0.443 e. The summed E-state index contributed by atoms with van der Waals surface area (Å²) in [6.45, 7) is 9.90. The normalized spacial score (nSPS) is 19.2. The molecule has 202 valence electrons. The van der Waals surface area contributed by atoms with Gasteiger partial charge in [-0.3, -0.25) is 9.80 Å². The summed E-state index contributed by atoms with van der Waals surface area (Å²) >= 11 is 0. The third kappa shape index (κ3) is 5.59. The number of carbonyl (C=O) groups is 1. The maximum absolute atomic E-state index is 13.1. The lowest BCUT2D eigenvalue weighted by Crippen LogP contribution is -2.47. The van der Waals surface area contributed by atoms with Crippen molar-refractivity contribution in [2.24, 2.45) is 0 Å². The number of aryl methyl sites for hydroxylation is 4. The van der Waals surface area contributed by atoms with Crippen molar-refractivity contribution in [1.82, 2.24) is 19.8 Å². The number of nitrogens with zero attached hydrogens (tertiary/aromatic N) is 4. The Morgan fingerprint density at radius 3 is 2.29 bits per heavy atom. The molecule has 0 aliphatic carbocycles. The van der Waals surface area contributed by atoms with Crippen molar-refractivity contribution in [3.05, 3.63) is 59.0 Å². The first-order valence-electron chi connectivity index (χ1n) is 12.8. The minimum atomic E-state index is -3.60. The summed E-state index contributed by atoms with van der Waals surface area (Å²) in [4.78, 5) is 21.0. The molecular weight excluding hydrogens is 506 g/mol. The van der Waals surface area contributed by atoms with Gasteiger partial charge in [0.05, 0.1) is 11.4 Å². The average molecular weight is 540 g/mol. The van der Waals surface area contributed by atoms with Crippen LogP contribution < -0.4 is 9.62 Å². The molecule has 1 atom stereocenters. The highest BCUT2D eigenvalue weighted by Crippen LogP contribution is 2.27. The zero-order valence-corrected chi connectivity index (χ0v) is 22.9. The Hall–Kier alpha value is -3.28. The van der Waals surface area contributed by atoms with E-state index in [1.54, 1.807) is 11.8 Å². The molecular formula is C27H33N5O5S. The van der Waals surface area contributed by atoms with Gasteiger partial charge in [0.15, 0.2) is 0 Å². The van der Waals surface area contributed by atoms with Crippen LogP contribution in [0.2, 0.25) is 0 Å². The molecule has 2 aliphatic heterocycles. The van der Waals surface area contributed by atoms with Crippen LogP contribution in [0.1, 0.15) is 35.4 Å². The number of anilines is 1. The van der Waals surface area contributed by atoms with E-state index in [1.807, 2.05) is 57.2 Å². The van der Waals surface area contributed by atoms with Crippen molar-refractivity contribution in [2.75, 3.05) is 31.1 Å². The van der Waals surface area contributed by atoms with E-state index in [2.05, 4.69) is 19.8 Å². The first kappa shape index (κ1) is 26.3. The summed E-state index contributed by atoms with van der Waals surface area (Å²) in [6.07, 6.45) is 0.771. The number of cyclic esters (lactones) is 1. The lowest BCUT2D eigenvalue weighted by molar-refractivity contribution is 0.0968. The zero-order chi connectivity index (χ0) is 27.0. The van der Waals surface area contributed by atoms with Gasteiger partial charge in [-0.05, 0) is 82.1 Å². The third-order valence-electron chi connectivity index (χ3n) is 7.08. The zero-order valence-electron chi connectivity index (χ0n) is 22.1. The monoisotopic (exact) mass is 539 g/mol. The number of benzene rings is 2. The SMILES string of the molecule is Cc1cc(C)c(S(=O)(=O)NC2CCN(CC3CN(c4ccc(-c5noc(C)n5)cc4)C(=O)O3)CC2)c(C)c1. The number of ether oxygens (including phenoxy) is 1. The molecule has 1 unspecified atom stereocenters. The van der Waals surface area contributed by atoms with Gasteiger partial charge in [0.25, 0.3) is 0 Å². The molecule has 0 radical (unpaired) electrons. The van der Waals surface area contributed by atoms with Gasteiger partial charge in [-0.1, -0.05) is 22.9 Å². The maximum Gasteiger partial charge on any atom is 0.414 e. The molecule has 1 amide bonds. The summed E-state index contributed by atoms with van der Waals surface area (Å²) < 4.78 is 39.8. The number of hydrogen-bond donors (Lipinski definition) is 1. The molecule has 1 aromatic heterocycles. The third-order valence-corrected chi connectivity index (χ3v) is 8.91. The van der Waals surface area contributed by atoms with Gasteiger partial charge in [0.2, 0.25) is 21.7 Å². The van der Waals surface area contributed by atoms with Crippen LogP contribution in [-0.4, -0.2) is 67.9 Å². The summed E-state index contributed by atoms with van der Waals surface area (Å²) in [6, 6.07) is 11.1. The van der Waals surface area contributed by atoms with Gasteiger partial charge in [-0.2, -0.15) is 4.98 Å². The van der Waals surface area contributed by atoms with Crippen molar-refractivity contribution in [2.45, 2.75) is 57.6 Å². The van der Waals surface area contributed by atoms with E-state index >= 15 is 0 Å². The van der Waals surface area contributed by atoms with Crippen LogP contribution >= 0.6 is 0 Å². The first-order chi connectivity index (χ1) is 18.1. The van der Waals surface area contributed by atoms with Crippen LogP contribution in [0.4, 0.5) is 10.5 Å². The molecule has 0 saturated carbocycles. The molecule has 38 heavy (non-hydrogen) atoms. The van der Waals surface area contributed by atoms with Crippen LogP contribution in [0.15, 0.2) is 45.8 Å². The van der Waals surface area contributed by atoms with E-state index in [1.165, 1.54) is 0 Å². The Morgan fingerprint density at radius 1 is 1.03 bits per heavy atom. The van der Waals surface area contributed by atoms with Crippen molar-refractivity contribution >= 4 is 21.8 Å². The van der Waals surface area contributed by atoms with Crippen LogP contribution in [0.5, 0.6) is 0 Å². The highest BCUT2D eigenvalue weighted by molar-refractivity contribution is 7.89. The summed E-state index contributed by atoms with van der Waals surface area (Å²) in [5.41, 5.74) is 4.13. The molecule has 11 heteroatoms. The Labute approximate surface area is 223 Å². The molecule has 2 fully saturated rings. The second-order valence-corrected chi connectivity index (χ2v) is 11.9. The first-order valence-corrected chi connectivity index (χ1v) is 14.3. The Kier molecular flexibility index (Phi) is 7.26. The van der Waals surface area contributed by atoms with Crippen molar-refractivity contribution in [1.29, 1.82) is 0 Å². The highest BCUT2D eigenvalue weighted by Gasteiger charge is 2.35. The lowest BCUT2D eigenvalue weighted by Gasteiger charge is -2.33. The van der Waals surface area contributed by atoms with Crippen molar-refractivity contribution in [3.63, 3.8) is 0 Å². The number of amides is 1. The molecule has 5 rings (SSSR count). The van der Waals surface area contributed by atoms with E-state index in [9.17, 15) is 13.2 Å². The Bertz CT molecular complexity index is 1410. The molecule has 2 aromatic carbocycles. The van der Waals surface area contributed by atoms with Gasteiger partial charge in [0.1, 0.15) is 6.10 Å². The molecule has 2 aliphatic rings. The predicted octanol–water partition coefficient (Wildman–Crippen LogP) is 3.74. The molecule has 3 heterocycles. The fourth-order valence-electron chi connectivity index (χ4n) is 5.42. The van der Waals surface area contributed by atoms with Gasteiger partial charge in [-0.25, -0.2) is 17.9 Å². The van der Waals surface area contributed by atoms with Crippen LogP contribution in [0.3, 0.4) is 0 Å². The standard InChI is InChI=1S/C27H33N5O5S/c1-17-13-18(2)25(19(3)14-17)38(34,35)30-22-9-11-31(12-10-22)15-24-16-32(27(33)36-24)23-7-5-21(6-8-23)26-28-20(4)37-29-26/h5-8,13-14,22,24,30H,9-12,15-16H2,1-4H3. The average Bonchev–Trinajstić information content (AvgIpc) is 3.44. The number of carbonyl (C=O) groups excluding carboxylic acids is 1. The summed E-state index contributed by atoms with van der Waals surface area (Å²) in [7, 11) is -3.60. The number of hydrogen-bond acceptors (Lipinski definition) is 8. The fraction of sp³-hybridized carbons (Fsp3) is 0.444. The van der Waals surface area contributed by atoms with Crippen LogP contribution in [-0.2, 0) is 14.8 Å². The Morgan fingerprint density at radius 2 is 1.68 bits per heavy atom. The molecule has 10 nitrogen and oxygen atoms in total. The minimum absolute atomic E-state index is 0.125. The molecule has 1 N–H and O–H groups in total. The van der Waals surface area contributed by atoms with Crippen LogP contribution in [0, 0.1) is 27.7 Å². The number of piperidine rings is 1. The van der Waals surface area contributed by atoms with Crippen molar-refractivity contribution in [3.8, 4) is 11.4 Å². The number of likely N-dealkylation sites (tertiary alicyclic amines) is 1. The van der Waals surface area contributed by atoms with E-state index in [4.69, 9.17) is 9.26 Å². The van der Waals surface area contributed by atoms with E-state index in [0.717, 1.165) is 41.0 Å². The Balaban J connectivity index is 1.14. The topological polar surface area (TPSA) is 118 Å². The minimum Gasteiger partial charge on any atom is -0.443 e. The highest BCUT2D eigenvalue weighted by atomic mass is 32.2. The van der Waals surface area contributed by atoms with E-state index in [-0.39, 0.29) is 18.2 Å². The van der Waals surface area contributed by atoms with E-state index < -0.39 is 10.0 Å². The molecule has 3 aromatic rings. The molecule has 0 bridgehead atoms. The second kappa shape index (κ2) is 10.5. The number of aromatic nitrogens is 2. The second-order valence-electron chi connectivity index (χ2n) is 10.2. The summed E-state index contributed by atoms with van der Waals surface area (Å²) in [5.74, 6) is 0.999. The van der Waals surface area contributed by atoms with Gasteiger partial charge >= 0.3 is 6.09 Å². The number of sulfonamides is 1. The molecule has 2 saturated heterocycles. The number of rotatable bonds is 7. The lowest BCUT2D eigenvalue weighted by atomic mass is 10.1. The van der Waals surface area contributed by atoms with Gasteiger partial charge in [0, 0.05) is 30.8 Å². The number of nitrogens with one attached hydrogen (secondary N) is 1.